The summed E-state index contributed by atoms with van der Waals surface area (Å²) >= 11 is 3.90. The summed E-state index contributed by atoms with van der Waals surface area (Å²) in [6, 6.07) is 3.97. The van der Waals surface area contributed by atoms with Crippen LogP contribution in [0.25, 0.3) is 0 Å². The molecular weight excluding hydrogens is 255 g/mol. The maximum atomic E-state index is 12.9. The minimum Gasteiger partial charge on any atom is -0.370 e. The second-order valence-corrected chi connectivity index (χ2v) is 4.33. The zero-order valence-corrected chi connectivity index (χ0v) is 10.7. The average Bonchev–Trinajstić information content (AvgIpc) is 2.31. The van der Waals surface area contributed by atoms with E-state index in [2.05, 4.69) is 17.9 Å². The van der Waals surface area contributed by atoms with E-state index < -0.39 is 5.82 Å². The number of carbonyl (C=O) groups excluding carboxylic acids is 2. The highest BCUT2D eigenvalue weighted by Crippen LogP contribution is 2.14. The lowest BCUT2D eigenvalue weighted by Gasteiger charge is -2.05. The molecule has 98 valence electrons. The van der Waals surface area contributed by atoms with Crippen LogP contribution in [-0.4, -0.2) is 18.4 Å². The highest BCUT2D eigenvalue weighted by Gasteiger charge is 2.07. The molecule has 0 aliphatic rings. The Bertz CT molecular complexity index is 452. The van der Waals surface area contributed by atoms with Crippen LogP contribution in [0.2, 0.25) is 0 Å². The quantitative estimate of drug-likeness (QED) is 0.541. The van der Waals surface area contributed by atoms with E-state index in [1.54, 1.807) is 0 Å². The average molecular weight is 270 g/mol. The first-order valence-electron chi connectivity index (χ1n) is 5.55. The third kappa shape index (κ3) is 4.75. The highest BCUT2D eigenvalue weighted by molar-refractivity contribution is 7.80. The maximum absolute atomic E-state index is 12.9. The van der Waals surface area contributed by atoms with Crippen molar-refractivity contribution in [1.82, 2.24) is 5.32 Å². The Morgan fingerprint density at radius 2 is 2.06 bits per heavy atom. The van der Waals surface area contributed by atoms with Crippen LogP contribution in [0.5, 0.6) is 0 Å². The van der Waals surface area contributed by atoms with Gasteiger partial charge in [-0.3, -0.25) is 9.59 Å². The lowest BCUT2D eigenvalue weighted by atomic mass is 10.2. The van der Waals surface area contributed by atoms with Crippen molar-refractivity contribution in [2.75, 3.05) is 6.54 Å². The standard InChI is InChI=1S/C12H15FN2O2S/c13-9-5-4-8(7-10(9)18)12(17)15-6-2-1-3-11(14)16/h4-5,7,18H,1-3,6H2,(H2,14,16)(H,15,17). The summed E-state index contributed by atoms with van der Waals surface area (Å²) in [6.07, 6.45) is 1.62. The monoisotopic (exact) mass is 270 g/mol. The Morgan fingerprint density at radius 1 is 1.33 bits per heavy atom. The second-order valence-electron chi connectivity index (χ2n) is 3.85. The first-order valence-corrected chi connectivity index (χ1v) is 6.00. The van der Waals surface area contributed by atoms with Gasteiger partial charge in [-0.15, -0.1) is 12.6 Å². The maximum Gasteiger partial charge on any atom is 0.251 e. The minimum atomic E-state index is -0.462. The molecule has 4 nitrogen and oxygen atoms in total. The molecule has 0 radical (unpaired) electrons. The molecule has 2 amide bonds. The highest BCUT2D eigenvalue weighted by atomic mass is 32.1. The number of nitrogens with one attached hydrogen (secondary N) is 1. The van der Waals surface area contributed by atoms with Crippen LogP contribution in [0.4, 0.5) is 4.39 Å². The second kappa shape index (κ2) is 7.00. The molecule has 1 aromatic carbocycles. The largest absolute Gasteiger partial charge is 0.370 e. The molecule has 1 rings (SSSR count). The summed E-state index contributed by atoms with van der Waals surface area (Å²) in [6.45, 7) is 0.450. The molecule has 0 bridgehead atoms. The molecule has 0 aliphatic heterocycles. The number of amides is 2. The third-order valence-corrected chi connectivity index (χ3v) is 2.69. The molecule has 3 N–H and O–H groups in total. The van der Waals surface area contributed by atoms with Crippen molar-refractivity contribution in [2.45, 2.75) is 24.2 Å². The summed E-state index contributed by atoms with van der Waals surface area (Å²) in [5.74, 6) is -1.10. The fourth-order valence-electron chi connectivity index (χ4n) is 1.38. The minimum absolute atomic E-state index is 0.136. The third-order valence-electron chi connectivity index (χ3n) is 2.34. The van der Waals surface area contributed by atoms with Gasteiger partial charge in [-0.25, -0.2) is 4.39 Å². The zero-order valence-electron chi connectivity index (χ0n) is 9.78. The number of nitrogens with two attached hydrogens (primary N) is 1. The van der Waals surface area contributed by atoms with Gasteiger partial charge in [-0.2, -0.15) is 0 Å². The number of benzene rings is 1. The summed E-state index contributed by atoms with van der Waals surface area (Å²) in [4.78, 5) is 22.3. The molecule has 6 heteroatoms. The Labute approximate surface area is 110 Å². The van der Waals surface area contributed by atoms with Gasteiger partial charge in [0.25, 0.3) is 5.91 Å². The number of halogens is 1. The lowest BCUT2D eigenvalue weighted by Crippen LogP contribution is -2.24. The molecule has 18 heavy (non-hydrogen) atoms. The van der Waals surface area contributed by atoms with Gasteiger partial charge in [0.05, 0.1) is 0 Å². The van der Waals surface area contributed by atoms with Crippen molar-refractivity contribution in [1.29, 1.82) is 0 Å². The predicted molar refractivity (Wildman–Crippen MR) is 69.0 cm³/mol. The normalized spacial score (nSPS) is 10.1. The molecule has 0 saturated heterocycles. The Hall–Kier alpha value is -1.56. The molecule has 0 saturated carbocycles. The van der Waals surface area contributed by atoms with Crippen molar-refractivity contribution in [3.05, 3.63) is 29.6 Å². The van der Waals surface area contributed by atoms with Crippen LogP contribution in [-0.2, 0) is 4.79 Å². The van der Waals surface area contributed by atoms with Gasteiger partial charge in [-0.05, 0) is 31.0 Å². The Balaban J connectivity index is 2.36. The SMILES string of the molecule is NC(=O)CCCCNC(=O)c1ccc(F)c(S)c1. The van der Waals surface area contributed by atoms with Crippen LogP contribution in [0.1, 0.15) is 29.6 Å². The molecule has 0 fully saturated rings. The predicted octanol–water partition coefficient (Wildman–Crippen LogP) is 1.50. The van der Waals surface area contributed by atoms with Crippen molar-refractivity contribution in [3.8, 4) is 0 Å². The van der Waals surface area contributed by atoms with Crippen LogP contribution < -0.4 is 11.1 Å². The molecule has 1 aromatic rings. The van der Waals surface area contributed by atoms with E-state index in [-0.39, 0.29) is 16.7 Å². The van der Waals surface area contributed by atoms with Gasteiger partial charge in [0.2, 0.25) is 5.91 Å². The van der Waals surface area contributed by atoms with Crippen molar-refractivity contribution in [2.24, 2.45) is 5.73 Å². The van der Waals surface area contributed by atoms with Gasteiger partial charge in [0.15, 0.2) is 0 Å². The molecule has 0 heterocycles. The van der Waals surface area contributed by atoms with E-state index in [0.29, 0.717) is 31.4 Å². The van der Waals surface area contributed by atoms with E-state index in [1.165, 1.54) is 18.2 Å². The number of thiol groups is 1. The molecule has 0 spiro atoms. The van der Waals surface area contributed by atoms with Gasteiger partial charge < -0.3 is 11.1 Å². The Morgan fingerprint density at radius 3 is 2.67 bits per heavy atom. The molecular formula is C12H15FN2O2S. The fourth-order valence-corrected chi connectivity index (χ4v) is 1.60. The number of primary amides is 1. The molecule has 0 unspecified atom stereocenters. The summed E-state index contributed by atoms with van der Waals surface area (Å²) in [7, 11) is 0. The first-order chi connectivity index (χ1) is 8.50. The van der Waals surface area contributed by atoms with Gasteiger partial charge in [-0.1, -0.05) is 0 Å². The van der Waals surface area contributed by atoms with E-state index in [4.69, 9.17) is 5.73 Å². The van der Waals surface area contributed by atoms with Crippen molar-refractivity contribution < 1.29 is 14.0 Å². The van der Waals surface area contributed by atoms with Gasteiger partial charge >= 0.3 is 0 Å². The summed E-state index contributed by atoms with van der Waals surface area (Å²) in [5, 5.41) is 2.67. The molecule has 0 aromatic heterocycles. The number of rotatable bonds is 6. The van der Waals surface area contributed by atoms with Crippen LogP contribution in [0, 0.1) is 5.82 Å². The van der Waals surface area contributed by atoms with E-state index in [0.717, 1.165) is 0 Å². The van der Waals surface area contributed by atoms with E-state index >= 15 is 0 Å². The van der Waals surface area contributed by atoms with Crippen LogP contribution >= 0.6 is 12.6 Å². The number of hydrogen-bond acceptors (Lipinski definition) is 3. The van der Waals surface area contributed by atoms with Crippen LogP contribution in [0.15, 0.2) is 23.1 Å². The van der Waals surface area contributed by atoms with Crippen molar-refractivity contribution in [3.63, 3.8) is 0 Å². The molecule has 0 atom stereocenters. The first kappa shape index (κ1) is 14.5. The van der Waals surface area contributed by atoms with Gasteiger partial charge in [0.1, 0.15) is 5.82 Å². The summed E-state index contributed by atoms with van der Waals surface area (Å²) in [5.41, 5.74) is 5.34. The van der Waals surface area contributed by atoms with Crippen molar-refractivity contribution >= 4 is 24.4 Å². The molecule has 0 aliphatic carbocycles. The fraction of sp³-hybridized carbons (Fsp3) is 0.333. The van der Waals surface area contributed by atoms with Gasteiger partial charge in [0, 0.05) is 23.4 Å². The number of carbonyl (C=O) groups is 2. The Kier molecular flexibility index (Phi) is 5.64. The zero-order chi connectivity index (χ0) is 13.5. The topological polar surface area (TPSA) is 72.2 Å². The number of hydrogen-bond donors (Lipinski definition) is 3. The smallest absolute Gasteiger partial charge is 0.251 e. The lowest BCUT2D eigenvalue weighted by molar-refractivity contribution is -0.118. The van der Waals surface area contributed by atoms with E-state index in [1.807, 2.05) is 0 Å². The van der Waals surface area contributed by atoms with Crippen LogP contribution in [0.3, 0.4) is 0 Å². The summed E-state index contributed by atoms with van der Waals surface area (Å²) < 4.78 is 12.9. The number of unbranched alkanes of at least 4 members (excludes halogenated alkanes) is 1. The van der Waals surface area contributed by atoms with E-state index in [9.17, 15) is 14.0 Å².